The number of benzene rings is 1. The van der Waals surface area contributed by atoms with E-state index in [0.29, 0.717) is 5.56 Å². The zero-order valence-electron chi connectivity index (χ0n) is 12.1. The van der Waals surface area contributed by atoms with Gasteiger partial charge in [0.1, 0.15) is 5.82 Å². The van der Waals surface area contributed by atoms with Crippen molar-refractivity contribution in [2.24, 2.45) is 0 Å². The number of nitrogens with one attached hydrogen (secondary N) is 2. The van der Waals surface area contributed by atoms with E-state index in [2.05, 4.69) is 27.8 Å². The predicted octanol–water partition coefficient (Wildman–Crippen LogP) is 3.25. The first-order valence-electron chi connectivity index (χ1n) is 7.39. The van der Waals surface area contributed by atoms with Crippen molar-refractivity contribution in [3.05, 3.63) is 53.2 Å². The summed E-state index contributed by atoms with van der Waals surface area (Å²) in [6, 6.07) is 9.78. The van der Waals surface area contributed by atoms with Crippen molar-refractivity contribution in [3.63, 3.8) is 0 Å². The number of hydrogen-bond acceptors (Lipinski definition) is 3. The number of fused-ring (bicyclic) bond motifs is 1. The second-order valence-electron chi connectivity index (χ2n) is 5.25. The molecule has 0 aliphatic heterocycles. The van der Waals surface area contributed by atoms with Gasteiger partial charge in [-0.3, -0.25) is 4.79 Å². The fraction of sp³-hybridized carbons (Fsp3) is 0.294. The molecule has 1 aromatic heterocycles. The molecule has 0 saturated carbocycles. The van der Waals surface area contributed by atoms with E-state index in [1.807, 2.05) is 19.1 Å². The van der Waals surface area contributed by atoms with Crippen LogP contribution >= 0.6 is 0 Å². The van der Waals surface area contributed by atoms with Gasteiger partial charge in [0.15, 0.2) is 0 Å². The number of hydrogen-bond donors (Lipinski definition) is 2. The molecule has 1 aliphatic rings. The first-order valence-corrected chi connectivity index (χ1v) is 7.39. The maximum atomic E-state index is 12.2. The molecule has 0 atom stereocenters. The normalized spacial score (nSPS) is 12.8. The minimum absolute atomic E-state index is 0.122. The van der Waals surface area contributed by atoms with Crippen molar-refractivity contribution < 1.29 is 4.79 Å². The van der Waals surface area contributed by atoms with Crippen molar-refractivity contribution >= 4 is 17.4 Å². The van der Waals surface area contributed by atoms with Crippen LogP contribution < -0.4 is 10.6 Å². The van der Waals surface area contributed by atoms with E-state index in [-0.39, 0.29) is 5.91 Å². The average molecular weight is 281 g/mol. The number of aromatic nitrogens is 1. The Morgan fingerprint density at radius 3 is 2.81 bits per heavy atom. The molecule has 4 heteroatoms. The first kappa shape index (κ1) is 13.6. The Kier molecular flexibility index (Phi) is 3.86. The topological polar surface area (TPSA) is 54.0 Å². The molecule has 1 heterocycles. The van der Waals surface area contributed by atoms with E-state index >= 15 is 0 Å². The minimum Gasteiger partial charge on any atom is -0.370 e. The molecule has 2 N–H and O–H groups in total. The van der Waals surface area contributed by atoms with E-state index in [1.165, 1.54) is 17.5 Å². The van der Waals surface area contributed by atoms with Crippen LogP contribution in [0.15, 0.2) is 36.5 Å². The summed E-state index contributed by atoms with van der Waals surface area (Å²) in [4.78, 5) is 16.4. The van der Waals surface area contributed by atoms with E-state index in [0.717, 1.165) is 30.9 Å². The second kappa shape index (κ2) is 5.95. The Hall–Kier alpha value is -2.36. The number of amides is 1. The molecule has 3 rings (SSSR count). The first-order chi connectivity index (χ1) is 10.3. The SMILES string of the molecule is CCNc1ccc(C(=O)Nc2ccc3c(c2)CCC3)cn1. The molecule has 0 bridgehead atoms. The maximum absolute atomic E-state index is 12.2. The third-order valence-electron chi connectivity index (χ3n) is 3.74. The summed E-state index contributed by atoms with van der Waals surface area (Å²) in [7, 11) is 0. The van der Waals surface area contributed by atoms with Gasteiger partial charge in [0.25, 0.3) is 5.91 Å². The standard InChI is InChI=1S/C17H19N3O/c1-2-18-16-9-7-14(11-19-16)17(21)20-15-8-6-12-4-3-5-13(12)10-15/h6-11H,2-5H2,1H3,(H,18,19)(H,20,21). The molecule has 0 spiro atoms. The fourth-order valence-electron chi connectivity index (χ4n) is 2.67. The zero-order chi connectivity index (χ0) is 14.7. The van der Waals surface area contributed by atoms with Crippen LogP contribution in [0.4, 0.5) is 11.5 Å². The molecule has 0 unspecified atom stereocenters. The highest BCUT2D eigenvalue weighted by atomic mass is 16.1. The molecular weight excluding hydrogens is 262 g/mol. The number of anilines is 2. The van der Waals surface area contributed by atoms with Crippen LogP contribution in [0, 0.1) is 0 Å². The summed E-state index contributed by atoms with van der Waals surface area (Å²) in [5, 5.41) is 6.05. The van der Waals surface area contributed by atoms with Crippen LogP contribution in [-0.4, -0.2) is 17.4 Å². The highest BCUT2D eigenvalue weighted by Gasteiger charge is 2.12. The largest absolute Gasteiger partial charge is 0.370 e. The van der Waals surface area contributed by atoms with Gasteiger partial charge < -0.3 is 10.6 Å². The van der Waals surface area contributed by atoms with Gasteiger partial charge in [0, 0.05) is 18.4 Å². The predicted molar refractivity (Wildman–Crippen MR) is 84.8 cm³/mol. The van der Waals surface area contributed by atoms with Crippen molar-refractivity contribution in [3.8, 4) is 0 Å². The fourth-order valence-corrected chi connectivity index (χ4v) is 2.67. The van der Waals surface area contributed by atoms with Gasteiger partial charge >= 0.3 is 0 Å². The van der Waals surface area contributed by atoms with Crippen molar-refractivity contribution in [1.29, 1.82) is 0 Å². The Morgan fingerprint density at radius 2 is 2.05 bits per heavy atom. The highest BCUT2D eigenvalue weighted by Crippen LogP contribution is 2.25. The summed E-state index contributed by atoms with van der Waals surface area (Å²) in [5.74, 6) is 0.662. The zero-order valence-corrected chi connectivity index (χ0v) is 12.1. The number of aryl methyl sites for hydroxylation is 2. The third kappa shape index (κ3) is 3.05. The lowest BCUT2D eigenvalue weighted by molar-refractivity contribution is 0.102. The molecule has 0 saturated heterocycles. The van der Waals surface area contributed by atoms with Crippen molar-refractivity contribution in [2.75, 3.05) is 17.2 Å². The summed E-state index contributed by atoms with van der Waals surface area (Å²) in [6.07, 6.45) is 5.07. The summed E-state index contributed by atoms with van der Waals surface area (Å²) < 4.78 is 0. The Bertz CT molecular complexity index is 650. The Labute approximate surface area is 124 Å². The lowest BCUT2D eigenvalue weighted by atomic mass is 10.1. The van der Waals surface area contributed by atoms with Gasteiger partial charge in [-0.05, 0) is 61.6 Å². The van der Waals surface area contributed by atoms with Crippen LogP contribution in [0.1, 0.15) is 34.8 Å². The van der Waals surface area contributed by atoms with Crippen molar-refractivity contribution in [2.45, 2.75) is 26.2 Å². The minimum atomic E-state index is -0.122. The van der Waals surface area contributed by atoms with Gasteiger partial charge in [-0.2, -0.15) is 0 Å². The lowest BCUT2D eigenvalue weighted by Crippen LogP contribution is -2.12. The third-order valence-corrected chi connectivity index (χ3v) is 3.74. The molecule has 0 radical (unpaired) electrons. The maximum Gasteiger partial charge on any atom is 0.257 e. The lowest BCUT2D eigenvalue weighted by Gasteiger charge is -2.08. The van der Waals surface area contributed by atoms with Gasteiger partial charge in [-0.15, -0.1) is 0 Å². The van der Waals surface area contributed by atoms with Gasteiger partial charge in [-0.25, -0.2) is 4.98 Å². The average Bonchev–Trinajstić information content (AvgIpc) is 2.96. The number of pyridine rings is 1. The summed E-state index contributed by atoms with van der Waals surface area (Å²) in [5.41, 5.74) is 4.19. The van der Waals surface area contributed by atoms with Crippen LogP contribution in [0.25, 0.3) is 0 Å². The monoisotopic (exact) mass is 281 g/mol. The van der Waals surface area contributed by atoms with E-state index in [9.17, 15) is 4.79 Å². The molecule has 108 valence electrons. The van der Waals surface area contributed by atoms with Crippen LogP contribution in [0.5, 0.6) is 0 Å². The molecule has 1 amide bonds. The molecular formula is C17H19N3O. The van der Waals surface area contributed by atoms with Crippen LogP contribution in [-0.2, 0) is 12.8 Å². The molecule has 0 fully saturated rings. The summed E-state index contributed by atoms with van der Waals surface area (Å²) in [6.45, 7) is 2.82. The Balaban J connectivity index is 1.71. The van der Waals surface area contributed by atoms with Gasteiger partial charge in [0.2, 0.25) is 0 Å². The Morgan fingerprint density at radius 1 is 1.19 bits per heavy atom. The highest BCUT2D eigenvalue weighted by molar-refractivity contribution is 6.04. The molecule has 1 aromatic carbocycles. The van der Waals surface area contributed by atoms with E-state index in [1.54, 1.807) is 12.3 Å². The van der Waals surface area contributed by atoms with Crippen LogP contribution in [0.3, 0.4) is 0 Å². The molecule has 1 aliphatic carbocycles. The molecule has 2 aromatic rings. The van der Waals surface area contributed by atoms with Gasteiger partial charge in [-0.1, -0.05) is 6.07 Å². The number of rotatable bonds is 4. The number of carbonyl (C=O) groups excluding carboxylic acids is 1. The number of nitrogens with zero attached hydrogens (tertiary/aromatic N) is 1. The summed E-state index contributed by atoms with van der Waals surface area (Å²) >= 11 is 0. The number of carbonyl (C=O) groups is 1. The molecule has 4 nitrogen and oxygen atoms in total. The van der Waals surface area contributed by atoms with Crippen molar-refractivity contribution in [1.82, 2.24) is 4.98 Å². The van der Waals surface area contributed by atoms with Crippen LogP contribution in [0.2, 0.25) is 0 Å². The molecule has 21 heavy (non-hydrogen) atoms. The quantitative estimate of drug-likeness (QED) is 0.904. The van der Waals surface area contributed by atoms with E-state index < -0.39 is 0 Å². The second-order valence-corrected chi connectivity index (χ2v) is 5.25. The smallest absolute Gasteiger partial charge is 0.257 e. The van der Waals surface area contributed by atoms with E-state index in [4.69, 9.17) is 0 Å². The van der Waals surface area contributed by atoms with Gasteiger partial charge in [0.05, 0.1) is 5.56 Å².